The van der Waals surface area contributed by atoms with E-state index in [1.165, 1.54) is 25.0 Å². The van der Waals surface area contributed by atoms with Crippen LogP contribution in [-0.2, 0) is 19.1 Å². The minimum atomic E-state index is -0.481. The van der Waals surface area contributed by atoms with Crippen LogP contribution < -0.4 is 5.32 Å². The monoisotopic (exact) mass is 322 g/mol. The van der Waals surface area contributed by atoms with Gasteiger partial charge in [0.1, 0.15) is 0 Å². The molecule has 23 heavy (non-hydrogen) atoms. The standard InChI is InChI=1S/C16H22N2O5/c1-12(19)18(8-5-9-22-2)11-15(20)17-14-7-4-6-13(10-14)16(21)23-3/h4,6-7,10H,5,8-9,11H2,1-3H3,(H,17,20). The summed E-state index contributed by atoms with van der Waals surface area (Å²) < 4.78 is 9.57. The van der Waals surface area contributed by atoms with E-state index in [1.54, 1.807) is 25.3 Å². The molecule has 1 aromatic carbocycles. The summed E-state index contributed by atoms with van der Waals surface area (Å²) in [4.78, 5) is 36.5. The number of hydrogen-bond donors (Lipinski definition) is 1. The fraction of sp³-hybridized carbons (Fsp3) is 0.438. The number of hydrogen-bond acceptors (Lipinski definition) is 5. The van der Waals surface area contributed by atoms with Gasteiger partial charge in [0.15, 0.2) is 0 Å². The Balaban J connectivity index is 2.63. The van der Waals surface area contributed by atoms with E-state index < -0.39 is 5.97 Å². The van der Waals surface area contributed by atoms with Crippen LogP contribution in [0.25, 0.3) is 0 Å². The van der Waals surface area contributed by atoms with Gasteiger partial charge in [-0.2, -0.15) is 0 Å². The Morgan fingerprint density at radius 3 is 2.57 bits per heavy atom. The number of methoxy groups -OCH3 is 2. The summed E-state index contributed by atoms with van der Waals surface area (Å²) in [5.74, 6) is -0.995. The van der Waals surface area contributed by atoms with Crippen molar-refractivity contribution < 1.29 is 23.9 Å². The zero-order chi connectivity index (χ0) is 17.2. The highest BCUT2D eigenvalue weighted by Crippen LogP contribution is 2.11. The third-order valence-electron chi connectivity index (χ3n) is 3.12. The zero-order valence-corrected chi connectivity index (χ0v) is 13.6. The number of amides is 2. The normalized spacial score (nSPS) is 10.0. The molecule has 0 heterocycles. The van der Waals surface area contributed by atoms with Crippen molar-refractivity contribution in [3.05, 3.63) is 29.8 Å². The molecule has 0 unspecified atom stereocenters. The molecule has 1 N–H and O–H groups in total. The Kier molecular flexibility index (Phi) is 7.76. The Hall–Kier alpha value is -2.41. The summed E-state index contributed by atoms with van der Waals surface area (Å²) in [7, 11) is 2.87. The average Bonchev–Trinajstić information content (AvgIpc) is 2.53. The number of rotatable bonds is 8. The van der Waals surface area contributed by atoms with E-state index in [0.29, 0.717) is 30.8 Å². The summed E-state index contributed by atoms with van der Waals surface area (Å²) in [6.45, 7) is 2.32. The number of carbonyl (C=O) groups is 3. The molecule has 2 amide bonds. The molecule has 0 saturated carbocycles. The first-order valence-corrected chi connectivity index (χ1v) is 7.20. The molecule has 0 aliphatic heterocycles. The summed E-state index contributed by atoms with van der Waals surface area (Å²) in [6, 6.07) is 6.41. The Bertz CT molecular complexity index is 559. The molecular weight excluding hydrogens is 300 g/mol. The van der Waals surface area contributed by atoms with Gasteiger partial charge < -0.3 is 19.7 Å². The van der Waals surface area contributed by atoms with Crippen LogP contribution in [0.4, 0.5) is 5.69 Å². The molecule has 0 radical (unpaired) electrons. The smallest absolute Gasteiger partial charge is 0.337 e. The van der Waals surface area contributed by atoms with Crippen LogP contribution >= 0.6 is 0 Å². The third-order valence-corrected chi connectivity index (χ3v) is 3.12. The minimum absolute atomic E-state index is 0.0541. The molecule has 1 rings (SSSR count). The molecule has 0 saturated heterocycles. The van der Waals surface area contributed by atoms with E-state index in [2.05, 4.69) is 10.1 Å². The van der Waals surface area contributed by atoms with E-state index in [1.807, 2.05) is 0 Å². The zero-order valence-electron chi connectivity index (χ0n) is 13.6. The van der Waals surface area contributed by atoms with Crippen molar-refractivity contribution in [1.29, 1.82) is 0 Å². The maximum Gasteiger partial charge on any atom is 0.337 e. The van der Waals surface area contributed by atoms with Crippen LogP contribution in [0.3, 0.4) is 0 Å². The van der Waals surface area contributed by atoms with Gasteiger partial charge in [0.25, 0.3) is 0 Å². The van der Waals surface area contributed by atoms with Gasteiger partial charge in [-0.3, -0.25) is 9.59 Å². The summed E-state index contributed by atoms with van der Waals surface area (Å²) in [5.41, 5.74) is 0.812. The highest BCUT2D eigenvalue weighted by Gasteiger charge is 2.14. The molecule has 0 spiro atoms. The number of benzene rings is 1. The van der Waals surface area contributed by atoms with Gasteiger partial charge >= 0.3 is 5.97 Å². The quantitative estimate of drug-likeness (QED) is 0.576. The lowest BCUT2D eigenvalue weighted by Crippen LogP contribution is -2.37. The predicted octanol–water partition coefficient (Wildman–Crippen LogP) is 1.30. The maximum atomic E-state index is 12.1. The molecule has 0 aromatic heterocycles. The lowest BCUT2D eigenvalue weighted by atomic mass is 10.2. The van der Waals surface area contributed by atoms with Crippen LogP contribution in [0, 0.1) is 0 Å². The van der Waals surface area contributed by atoms with Gasteiger partial charge in [-0.1, -0.05) is 6.07 Å². The van der Waals surface area contributed by atoms with Gasteiger partial charge in [0.05, 0.1) is 19.2 Å². The summed E-state index contributed by atoms with van der Waals surface area (Å²) in [5, 5.41) is 2.67. The minimum Gasteiger partial charge on any atom is -0.465 e. The van der Waals surface area contributed by atoms with Crippen molar-refractivity contribution in [2.24, 2.45) is 0 Å². The fourth-order valence-corrected chi connectivity index (χ4v) is 1.96. The Morgan fingerprint density at radius 2 is 1.96 bits per heavy atom. The van der Waals surface area contributed by atoms with Crippen molar-refractivity contribution in [3.63, 3.8) is 0 Å². The molecule has 0 bridgehead atoms. The van der Waals surface area contributed by atoms with Gasteiger partial charge in [-0.05, 0) is 24.6 Å². The van der Waals surface area contributed by atoms with E-state index in [4.69, 9.17) is 4.74 Å². The van der Waals surface area contributed by atoms with Crippen molar-refractivity contribution in [1.82, 2.24) is 4.90 Å². The van der Waals surface area contributed by atoms with Crippen LogP contribution in [0.5, 0.6) is 0 Å². The molecule has 0 aliphatic rings. The van der Waals surface area contributed by atoms with Gasteiger partial charge in [0, 0.05) is 32.9 Å². The van der Waals surface area contributed by atoms with Crippen LogP contribution in [0.1, 0.15) is 23.7 Å². The number of anilines is 1. The van der Waals surface area contributed by atoms with E-state index >= 15 is 0 Å². The SMILES string of the molecule is COCCCN(CC(=O)Nc1cccc(C(=O)OC)c1)C(C)=O. The maximum absolute atomic E-state index is 12.1. The molecule has 0 aliphatic carbocycles. The third kappa shape index (κ3) is 6.48. The molecule has 7 nitrogen and oxygen atoms in total. The molecule has 0 atom stereocenters. The first kappa shape index (κ1) is 18.6. The Labute approximate surface area is 135 Å². The molecule has 0 fully saturated rings. The molecular formula is C16H22N2O5. The summed E-state index contributed by atoms with van der Waals surface area (Å²) in [6.07, 6.45) is 0.654. The average molecular weight is 322 g/mol. The van der Waals surface area contributed by atoms with E-state index in [9.17, 15) is 14.4 Å². The van der Waals surface area contributed by atoms with Crippen molar-refractivity contribution in [3.8, 4) is 0 Å². The number of nitrogens with one attached hydrogen (secondary N) is 1. The number of nitrogens with zero attached hydrogens (tertiary/aromatic N) is 1. The first-order chi connectivity index (χ1) is 11.0. The fourth-order valence-electron chi connectivity index (χ4n) is 1.96. The molecule has 126 valence electrons. The lowest BCUT2D eigenvalue weighted by molar-refractivity contribution is -0.132. The second-order valence-electron chi connectivity index (χ2n) is 4.91. The topological polar surface area (TPSA) is 84.9 Å². The highest BCUT2D eigenvalue weighted by molar-refractivity contribution is 5.96. The number of esters is 1. The van der Waals surface area contributed by atoms with Gasteiger partial charge in [0.2, 0.25) is 11.8 Å². The predicted molar refractivity (Wildman–Crippen MR) is 85.2 cm³/mol. The van der Waals surface area contributed by atoms with Crippen molar-refractivity contribution >= 4 is 23.5 Å². The van der Waals surface area contributed by atoms with Gasteiger partial charge in [-0.25, -0.2) is 4.79 Å². The second kappa shape index (κ2) is 9.58. The first-order valence-electron chi connectivity index (χ1n) is 7.20. The van der Waals surface area contributed by atoms with Crippen LogP contribution in [-0.4, -0.2) is 56.6 Å². The largest absolute Gasteiger partial charge is 0.465 e. The lowest BCUT2D eigenvalue weighted by Gasteiger charge is -2.20. The Morgan fingerprint density at radius 1 is 1.22 bits per heavy atom. The van der Waals surface area contributed by atoms with Crippen LogP contribution in [0.15, 0.2) is 24.3 Å². The van der Waals surface area contributed by atoms with E-state index in [0.717, 1.165) is 0 Å². The highest BCUT2D eigenvalue weighted by atomic mass is 16.5. The number of ether oxygens (including phenoxy) is 2. The van der Waals surface area contributed by atoms with Crippen molar-refractivity contribution in [2.45, 2.75) is 13.3 Å². The molecule has 7 heteroatoms. The molecule has 1 aromatic rings. The summed E-state index contributed by atoms with van der Waals surface area (Å²) >= 11 is 0. The van der Waals surface area contributed by atoms with E-state index in [-0.39, 0.29) is 18.4 Å². The number of carbonyl (C=O) groups excluding carboxylic acids is 3. The van der Waals surface area contributed by atoms with Gasteiger partial charge in [-0.15, -0.1) is 0 Å². The van der Waals surface area contributed by atoms with Crippen molar-refractivity contribution in [2.75, 3.05) is 39.2 Å². The van der Waals surface area contributed by atoms with Crippen LogP contribution in [0.2, 0.25) is 0 Å². The second-order valence-corrected chi connectivity index (χ2v) is 4.91.